The minimum absolute atomic E-state index is 0.123. The van der Waals surface area contributed by atoms with Gasteiger partial charge in [-0.1, -0.05) is 30.3 Å². The third-order valence-corrected chi connectivity index (χ3v) is 3.74. The molecule has 4 aromatic rings. The number of rotatable bonds is 3. The highest BCUT2D eigenvalue weighted by Gasteiger charge is 2.28. The van der Waals surface area contributed by atoms with Gasteiger partial charge >= 0.3 is 0 Å². The average molecular weight is 301 g/mol. The number of nitrogens with one attached hydrogen (secondary N) is 1. The summed E-state index contributed by atoms with van der Waals surface area (Å²) < 4.78 is 5.57. The van der Waals surface area contributed by atoms with E-state index >= 15 is 0 Å². The molecule has 23 heavy (non-hydrogen) atoms. The van der Waals surface area contributed by atoms with Gasteiger partial charge in [0.05, 0.1) is 11.8 Å². The zero-order valence-corrected chi connectivity index (χ0v) is 12.0. The number of ketones is 1. The fraction of sp³-hybridized carbons (Fsp3) is 0.0556. The number of carbonyl (C=O) groups is 1. The van der Waals surface area contributed by atoms with Gasteiger partial charge in [0, 0.05) is 10.9 Å². The second-order valence-corrected chi connectivity index (χ2v) is 5.22. The van der Waals surface area contributed by atoms with E-state index in [1.165, 1.54) is 0 Å². The van der Waals surface area contributed by atoms with E-state index in [4.69, 9.17) is 4.42 Å². The van der Waals surface area contributed by atoms with Crippen molar-refractivity contribution in [1.82, 2.24) is 9.97 Å². The summed E-state index contributed by atoms with van der Waals surface area (Å²) in [6.45, 7) is 0. The number of aromatic amines is 1. The molecule has 0 spiro atoms. The lowest BCUT2D eigenvalue weighted by atomic mass is 10.0. The molecule has 0 radical (unpaired) electrons. The van der Waals surface area contributed by atoms with Gasteiger partial charge in [-0.05, 0) is 24.3 Å². The van der Waals surface area contributed by atoms with Gasteiger partial charge in [0.1, 0.15) is 5.52 Å². The molecule has 1 atom stereocenters. The van der Waals surface area contributed by atoms with Crippen LogP contribution in [0.1, 0.15) is 22.3 Å². The normalized spacial score (nSPS) is 12.3. The number of hydrogen-bond acceptors (Lipinski definition) is 4. The molecule has 0 bridgehead atoms. The van der Waals surface area contributed by atoms with Crippen LogP contribution in [0.2, 0.25) is 0 Å². The molecule has 0 saturated carbocycles. The van der Waals surface area contributed by atoms with Crippen LogP contribution in [0, 0.1) is 11.3 Å². The molecule has 5 heteroatoms. The van der Waals surface area contributed by atoms with Gasteiger partial charge in [-0.25, -0.2) is 4.98 Å². The van der Waals surface area contributed by atoms with Crippen molar-refractivity contribution >= 4 is 27.8 Å². The molecule has 4 rings (SSSR count). The van der Waals surface area contributed by atoms with E-state index in [0.29, 0.717) is 16.8 Å². The molecule has 2 aromatic carbocycles. The molecule has 1 N–H and O–H groups in total. The van der Waals surface area contributed by atoms with Crippen molar-refractivity contribution in [3.05, 3.63) is 66.2 Å². The Morgan fingerprint density at radius 3 is 2.74 bits per heavy atom. The van der Waals surface area contributed by atoms with Crippen LogP contribution in [0.15, 0.2) is 59.0 Å². The quantitative estimate of drug-likeness (QED) is 0.583. The Morgan fingerprint density at radius 1 is 1.17 bits per heavy atom. The number of nitrogens with zero attached hydrogens (tertiary/aromatic N) is 2. The van der Waals surface area contributed by atoms with Gasteiger partial charge < -0.3 is 9.40 Å². The number of aromatic nitrogens is 2. The van der Waals surface area contributed by atoms with Crippen LogP contribution in [-0.2, 0) is 0 Å². The number of nitriles is 1. The fourth-order valence-corrected chi connectivity index (χ4v) is 2.60. The molecule has 0 fully saturated rings. The van der Waals surface area contributed by atoms with Gasteiger partial charge in [0.15, 0.2) is 11.5 Å². The molecule has 2 aromatic heterocycles. The van der Waals surface area contributed by atoms with E-state index in [1.807, 2.05) is 42.5 Å². The molecular weight excluding hydrogens is 290 g/mol. The molecule has 110 valence electrons. The molecular formula is C18H11N3O2. The number of hydrogen-bond donors (Lipinski definition) is 1. The summed E-state index contributed by atoms with van der Waals surface area (Å²) in [6, 6.07) is 18.5. The summed E-state index contributed by atoms with van der Waals surface area (Å²) in [5.41, 5.74) is 2.42. The Hall–Kier alpha value is -3.39. The van der Waals surface area contributed by atoms with E-state index < -0.39 is 5.92 Å². The lowest BCUT2D eigenvalue weighted by Crippen LogP contribution is -2.12. The van der Waals surface area contributed by atoms with Crippen molar-refractivity contribution in [2.75, 3.05) is 0 Å². The lowest BCUT2D eigenvalue weighted by molar-refractivity contribution is 0.0966. The molecule has 0 aliphatic heterocycles. The number of Topliss-reactive ketones (excluding diaryl/α,β-unsaturated/α-hetero) is 1. The smallest absolute Gasteiger partial charge is 0.220 e. The maximum absolute atomic E-state index is 12.7. The first-order valence-electron chi connectivity index (χ1n) is 7.13. The first kappa shape index (κ1) is 13.3. The molecule has 0 amide bonds. The number of para-hydroxylation sites is 3. The van der Waals surface area contributed by atoms with E-state index in [9.17, 15) is 10.1 Å². The van der Waals surface area contributed by atoms with Crippen molar-refractivity contribution in [3.63, 3.8) is 0 Å². The van der Waals surface area contributed by atoms with Crippen LogP contribution in [0.5, 0.6) is 0 Å². The summed E-state index contributed by atoms with van der Waals surface area (Å²) in [5.74, 6) is -1.30. The largest absolute Gasteiger partial charge is 0.439 e. The Balaban J connectivity index is 1.76. The number of fused-ring (bicyclic) bond motifs is 2. The van der Waals surface area contributed by atoms with Gasteiger partial charge in [-0.15, -0.1) is 0 Å². The maximum atomic E-state index is 12.7. The van der Waals surface area contributed by atoms with Gasteiger partial charge in [0.25, 0.3) is 0 Å². The van der Waals surface area contributed by atoms with Gasteiger partial charge in [-0.3, -0.25) is 4.79 Å². The van der Waals surface area contributed by atoms with Crippen molar-refractivity contribution in [2.45, 2.75) is 5.92 Å². The third-order valence-electron chi connectivity index (χ3n) is 3.74. The van der Waals surface area contributed by atoms with E-state index in [0.717, 1.165) is 10.9 Å². The fourth-order valence-electron chi connectivity index (χ4n) is 2.60. The minimum Gasteiger partial charge on any atom is -0.439 e. The zero-order valence-electron chi connectivity index (χ0n) is 12.0. The highest BCUT2D eigenvalue weighted by molar-refractivity contribution is 6.04. The monoisotopic (exact) mass is 301 g/mol. The lowest BCUT2D eigenvalue weighted by Gasteiger charge is -2.01. The number of oxazole rings is 1. The van der Waals surface area contributed by atoms with Gasteiger partial charge in [0.2, 0.25) is 11.7 Å². The Morgan fingerprint density at radius 2 is 1.96 bits per heavy atom. The third kappa shape index (κ3) is 2.17. The van der Waals surface area contributed by atoms with E-state index in [-0.39, 0.29) is 11.7 Å². The average Bonchev–Trinajstić information content (AvgIpc) is 3.19. The number of carbonyl (C=O) groups excluding carboxylic acids is 1. The molecule has 0 aliphatic rings. The van der Waals surface area contributed by atoms with Gasteiger partial charge in [-0.2, -0.15) is 5.26 Å². The van der Waals surface area contributed by atoms with Crippen LogP contribution >= 0.6 is 0 Å². The Kier molecular flexibility index (Phi) is 2.95. The maximum Gasteiger partial charge on any atom is 0.220 e. The highest BCUT2D eigenvalue weighted by Crippen LogP contribution is 2.25. The molecule has 5 nitrogen and oxygen atoms in total. The molecule has 2 heterocycles. The van der Waals surface area contributed by atoms with Crippen LogP contribution < -0.4 is 0 Å². The number of H-pyrrole nitrogens is 1. The Labute approximate surface area is 131 Å². The summed E-state index contributed by atoms with van der Waals surface area (Å²) in [6.07, 6.45) is 0. The van der Waals surface area contributed by atoms with Crippen molar-refractivity contribution in [1.29, 1.82) is 5.26 Å². The minimum atomic E-state index is -1.07. The van der Waals surface area contributed by atoms with Crippen molar-refractivity contribution in [2.24, 2.45) is 0 Å². The summed E-state index contributed by atoms with van der Waals surface area (Å²) >= 11 is 0. The summed E-state index contributed by atoms with van der Waals surface area (Å²) in [7, 11) is 0. The van der Waals surface area contributed by atoms with E-state index in [1.54, 1.807) is 18.2 Å². The summed E-state index contributed by atoms with van der Waals surface area (Å²) in [4.78, 5) is 20.0. The topological polar surface area (TPSA) is 82.7 Å². The van der Waals surface area contributed by atoms with Crippen LogP contribution in [0.3, 0.4) is 0 Å². The standard InChI is InChI=1S/C18H11N3O2/c19-10-12(18-21-14-7-3-4-8-16(14)23-18)17(22)15-9-11-5-1-2-6-13(11)20-15/h1-9,12,20H. The predicted molar refractivity (Wildman–Crippen MR) is 85.0 cm³/mol. The second-order valence-electron chi connectivity index (χ2n) is 5.22. The molecule has 0 saturated heterocycles. The predicted octanol–water partition coefficient (Wildman–Crippen LogP) is 3.80. The summed E-state index contributed by atoms with van der Waals surface area (Å²) in [5, 5.41) is 10.3. The first-order chi connectivity index (χ1) is 11.3. The van der Waals surface area contributed by atoms with Crippen LogP contribution in [0.4, 0.5) is 0 Å². The van der Waals surface area contributed by atoms with Crippen molar-refractivity contribution in [3.8, 4) is 6.07 Å². The SMILES string of the molecule is N#CC(C(=O)c1cc2ccccc2[nH]1)c1nc2ccccc2o1. The number of benzene rings is 2. The van der Waals surface area contributed by atoms with Crippen LogP contribution in [-0.4, -0.2) is 15.8 Å². The Bertz CT molecular complexity index is 1000. The van der Waals surface area contributed by atoms with Crippen LogP contribution in [0.25, 0.3) is 22.0 Å². The molecule has 0 aliphatic carbocycles. The molecule has 1 unspecified atom stereocenters. The van der Waals surface area contributed by atoms with E-state index in [2.05, 4.69) is 9.97 Å². The highest BCUT2D eigenvalue weighted by atomic mass is 16.3. The van der Waals surface area contributed by atoms with Crippen molar-refractivity contribution < 1.29 is 9.21 Å². The zero-order chi connectivity index (χ0) is 15.8. The second kappa shape index (κ2) is 5.11. The first-order valence-corrected chi connectivity index (χ1v) is 7.13.